The zero-order valence-electron chi connectivity index (χ0n) is 13.2. The molecule has 0 aromatic carbocycles. The Bertz CT molecular complexity index is 430. The molecule has 0 amide bonds. The Hall–Kier alpha value is -0.393. The van der Waals surface area contributed by atoms with Crippen LogP contribution in [0.15, 0.2) is 5.16 Å². The molecule has 1 aromatic rings. The summed E-state index contributed by atoms with van der Waals surface area (Å²) in [6, 6.07) is 0. The lowest BCUT2D eigenvalue weighted by Crippen LogP contribution is -2.22. The summed E-state index contributed by atoms with van der Waals surface area (Å²) in [4.78, 5) is 9.36. The average Bonchev–Trinajstić information content (AvgIpc) is 2.33. The zero-order valence-corrected chi connectivity index (χ0v) is 15.2. The van der Waals surface area contributed by atoms with Crippen molar-refractivity contribution in [2.45, 2.75) is 64.4 Å². The van der Waals surface area contributed by atoms with E-state index < -0.39 is 9.04 Å². The lowest BCUT2D eigenvalue weighted by Gasteiger charge is -2.25. The van der Waals surface area contributed by atoms with Crippen LogP contribution in [-0.4, -0.2) is 25.3 Å². The molecule has 0 spiro atoms. The second-order valence-corrected chi connectivity index (χ2v) is 9.15. The van der Waals surface area contributed by atoms with Crippen molar-refractivity contribution in [3.63, 3.8) is 0 Å². The summed E-state index contributed by atoms with van der Waals surface area (Å²) in [5.41, 5.74) is 3.56. The molecule has 0 aliphatic carbocycles. The molecule has 108 valence electrons. The van der Waals surface area contributed by atoms with Crippen molar-refractivity contribution in [3.8, 4) is 0 Å². The Kier molecular flexibility index (Phi) is 6.01. The van der Waals surface area contributed by atoms with Gasteiger partial charge in [0.05, 0.1) is 12.3 Å². The van der Waals surface area contributed by atoms with Crippen molar-refractivity contribution in [1.82, 2.24) is 9.97 Å². The highest BCUT2D eigenvalue weighted by molar-refractivity contribution is 7.98. The summed E-state index contributed by atoms with van der Waals surface area (Å²) in [6.45, 7) is 13.8. The molecule has 0 saturated carbocycles. The van der Waals surface area contributed by atoms with Crippen LogP contribution in [0.5, 0.6) is 0 Å². The molecule has 0 aliphatic rings. The van der Waals surface area contributed by atoms with Gasteiger partial charge in [-0.1, -0.05) is 39.5 Å². The molecule has 0 aliphatic heterocycles. The molecular weight excluding hydrogens is 272 g/mol. The van der Waals surface area contributed by atoms with E-state index in [2.05, 4.69) is 50.8 Å². The first-order chi connectivity index (χ1) is 8.79. The van der Waals surface area contributed by atoms with Crippen molar-refractivity contribution in [3.05, 3.63) is 17.0 Å². The van der Waals surface area contributed by atoms with Gasteiger partial charge in [0.15, 0.2) is 14.2 Å². The van der Waals surface area contributed by atoms with E-state index in [0.717, 1.165) is 23.0 Å². The van der Waals surface area contributed by atoms with Crippen molar-refractivity contribution in [2.24, 2.45) is 0 Å². The molecule has 0 radical (unpaired) electrons. The normalized spacial score (nSPS) is 12.2. The third-order valence-corrected chi connectivity index (χ3v) is 4.24. The topological polar surface area (TPSA) is 35.0 Å². The third-order valence-electron chi connectivity index (χ3n) is 2.86. The number of rotatable bonds is 5. The van der Waals surface area contributed by atoms with Crippen molar-refractivity contribution >= 4 is 20.8 Å². The van der Waals surface area contributed by atoms with E-state index in [-0.39, 0.29) is 5.41 Å². The van der Waals surface area contributed by atoms with E-state index in [1.54, 1.807) is 11.8 Å². The molecule has 3 nitrogen and oxygen atoms in total. The zero-order chi connectivity index (χ0) is 14.6. The number of nitrogens with zero attached hydrogens (tertiary/aromatic N) is 2. The monoisotopic (exact) mass is 298 g/mol. The van der Waals surface area contributed by atoms with Gasteiger partial charge in [0.1, 0.15) is 0 Å². The van der Waals surface area contributed by atoms with Crippen LogP contribution in [0.3, 0.4) is 0 Å². The lowest BCUT2D eigenvalue weighted by molar-refractivity contribution is 0.302. The van der Waals surface area contributed by atoms with Gasteiger partial charge >= 0.3 is 0 Å². The largest absolute Gasteiger partial charge is 0.415 e. The van der Waals surface area contributed by atoms with Gasteiger partial charge in [0.2, 0.25) is 0 Å². The predicted octanol–water partition coefficient (Wildman–Crippen LogP) is 3.56. The molecule has 19 heavy (non-hydrogen) atoms. The SMILES string of the molecule is CCc1nc(SC)nc(CO[SiH](C)C)c1C(C)(C)C. The van der Waals surface area contributed by atoms with E-state index >= 15 is 0 Å². The van der Waals surface area contributed by atoms with E-state index in [1.165, 1.54) is 5.56 Å². The molecule has 0 unspecified atom stereocenters. The molecular formula is C14H26N2OSSi. The van der Waals surface area contributed by atoms with Crippen LogP contribution in [0.25, 0.3) is 0 Å². The van der Waals surface area contributed by atoms with Gasteiger partial charge in [-0.25, -0.2) is 9.97 Å². The number of aromatic nitrogens is 2. The predicted molar refractivity (Wildman–Crippen MR) is 85.6 cm³/mol. The van der Waals surface area contributed by atoms with Gasteiger partial charge in [-0.15, -0.1) is 0 Å². The molecule has 0 fully saturated rings. The van der Waals surface area contributed by atoms with Gasteiger partial charge in [0, 0.05) is 11.3 Å². The minimum absolute atomic E-state index is 0.0551. The van der Waals surface area contributed by atoms with Crippen LogP contribution < -0.4 is 0 Å². The number of aryl methyl sites for hydroxylation is 1. The van der Waals surface area contributed by atoms with Crippen LogP contribution in [0.1, 0.15) is 44.6 Å². The summed E-state index contributed by atoms with van der Waals surface area (Å²) < 4.78 is 5.90. The van der Waals surface area contributed by atoms with Crippen LogP contribution in [0.4, 0.5) is 0 Å². The summed E-state index contributed by atoms with van der Waals surface area (Å²) in [5.74, 6) is 0. The molecule has 0 bridgehead atoms. The minimum atomic E-state index is -1.03. The molecule has 0 atom stereocenters. The lowest BCUT2D eigenvalue weighted by atomic mass is 9.84. The summed E-state index contributed by atoms with van der Waals surface area (Å²) in [7, 11) is -1.03. The fraction of sp³-hybridized carbons (Fsp3) is 0.714. The molecule has 1 aromatic heterocycles. The van der Waals surface area contributed by atoms with Crippen molar-refractivity contribution in [1.29, 1.82) is 0 Å². The van der Waals surface area contributed by atoms with Crippen LogP contribution in [0, 0.1) is 0 Å². The van der Waals surface area contributed by atoms with Gasteiger partial charge < -0.3 is 4.43 Å². The maximum absolute atomic E-state index is 5.90. The quantitative estimate of drug-likeness (QED) is 0.473. The van der Waals surface area contributed by atoms with Crippen molar-refractivity contribution in [2.75, 3.05) is 6.26 Å². The summed E-state index contributed by atoms with van der Waals surface area (Å²) in [5, 5.41) is 0.855. The Balaban J connectivity index is 3.29. The maximum Gasteiger partial charge on any atom is 0.187 e. The molecule has 1 rings (SSSR count). The molecule has 1 heterocycles. The first-order valence-electron chi connectivity index (χ1n) is 6.85. The van der Waals surface area contributed by atoms with E-state index in [4.69, 9.17) is 4.43 Å². The second kappa shape index (κ2) is 6.86. The Morgan fingerprint density at radius 2 is 1.74 bits per heavy atom. The van der Waals surface area contributed by atoms with Gasteiger partial charge in [0.25, 0.3) is 0 Å². The van der Waals surface area contributed by atoms with Crippen LogP contribution in [-0.2, 0) is 22.9 Å². The summed E-state index contributed by atoms with van der Waals surface area (Å²) >= 11 is 1.60. The number of hydrogen-bond donors (Lipinski definition) is 0. The van der Waals surface area contributed by atoms with E-state index in [1.807, 2.05) is 6.26 Å². The van der Waals surface area contributed by atoms with E-state index in [0.29, 0.717) is 6.61 Å². The van der Waals surface area contributed by atoms with Crippen molar-refractivity contribution < 1.29 is 4.43 Å². The van der Waals surface area contributed by atoms with Gasteiger partial charge in [-0.3, -0.25) is 0 Å². The smallest absolute Gasteiger partial charge is 0.187 e. The fourth-order valence-electron chi connectivity index (χ4n) is 2.10. The van der Waals surface area contributed by atoms with Crippen LogP contribution >= 0.6 is 11.8 Å². The minimum Gasteiger partial charge on any atom is -0.415 e. The molecule has 0 N–H and O–H groups in total. The van der Waals surface area contributed by atoms with Gasteiger partial charge in [-0.05, 0) is 31.2 Å². The Morgan fingerprint density at radius 1 is 1.16 bits per heavy atom. The Morgan fingerprint density at radius 3 is 2.16 bits per heavy atom. The Labute approximate surface area is 123 Å². The highest BCUT2D eigenvalue weighted by Crippen LogP contribution is 2.30. The van der Waals surface area contributed by atoms with Gasteiger partial charge in [-0.2, -0.15) is 0 Å². The second-order valence-electron chi connectivity index (χ2n) is 5.94. The standard InChI is InChI=1S/C14H26N2OSSi/c1-8-10-12(14(2,3)4)11(9-17-19(6)7)16-13(15-10)18-5/h19H,8-9H2,1-7H3. The molecule has 0 saturated heterocycles. The first-order valence-corrected chi connectivity index (χ1v) is 10.9. The average molecular weight is 299 g/mol. The fourth-order valence-corrected chi connectivity index (χ4v) is 2.99. The highest BCUT2D eigenvalue weighted by Gasteiger charge is 2.24. The maximum atomic E-state index is 5.90. The number of thioether (sulfide) groups is 1. The third kappa shape index (κ3) is 4.58. The summed E-state index contributed by atoms with van der Waals surface area (Å²) in [6.07, 6.45) is 2.96. The highest BCUT2D eigenvalue weighted by atomic mass is 32.2. The van der Waals surface area contributed by atoms with Crippen LogP contribution in [0.2, 0.25) is 13.1 Å². The molecule has 5 heteroatoms. The van der Waals surface area contributed by atoms with E-state index in [9.17, 15) is 0 Å². The first kappa shape index (κ1) is 16.7. The number of hydrogen-bond acceptors (Lipinski definition) is 4.